The van der Waals surface area contributed by atoms with Crippen molar-refractivity contribution in [2.24, 2.45) is 0 Å². The topological polar surface area (TPSA) is 30.0 Å². The number of rotatable bonds is 3. The summed E-state index contributed by atoms with van der Waals surface area (Å²) in [6.45, 7) is 0. The van der Waals surface area contributed by atoms with Crippen LogP contribution in [0.2, 0.25) is 0 Å². The minimum absolute atomic E-state index is 0.748. The van der Waals surface area contributed by atoms with Gasteiger partial charge in [-0.2, -0.15) is 0 Å². The summed E-state index contributed by atoms with van der Waals surface area (Å²) in [4.78, 5) is 15.4. The summed E-state index contributed by atoms with van der Waals surface area (Å²) < 4.78 is 0. The third-order valence-electron chi connectivity index (χ3n) is 3.30. The summed E-state index contributed by atoms with van der Waals surface area (Å²) in [5.74, 6) is 0. The number of para-hydroxylation sites is 1. The molecule has 92 valence electrons. The van der Waals surface area contributed by atoms with Gasteiger partial charge >= 0.3 is 0 Å². The Bertz CT molecular complexity index is 729. The predicted octanol–water partition coefficient (Wildman–Crippen LogP) is 3.64. The van der Waals surface area contributed by atoms with Gasteiger partial charge in [-0.3, -0.25) is 9.78 Å². The molecule has 0 atom stereocenters. The highest BCUT2D eigenvalue weighted by molar-refractivity contribution is 5.83. The third-order valence-corrected chi connectivity index (χ3v) is 3.30. The first-order valence-electron chi connectivity index (χ1n) is 6.24. The third kappa shape index (κ3) is 2.25. The quantitative estimate of drug-likeness (QED) is 0.661. The molecule has 0 radical (unpaired) electrons. The summed E-state index contributed by atoms with van der Waals surface area (Å²) in [6, 6.07) is 17.8. The molecule has 2 aromatic carbocycles. The van der Waals surface area contributed by atoms with Gasteiger partial charge in [-0.15, -0.1) is 0 Å². The fourth-order valence-electron chi connectivity index (χ4n) is 2.32. The van der Waals surface area contributed by atoms with Gasteiger partial charge in [0.25, 0.3) is 0 Å². The first-order chi connectivity index (χ1) is 9.38. The van der Waals surface area contributed by atoms with Crippen LogP contribution in [0.15, 0.2) is 60.8 Å². The van der Waals surface area contributed by atoms with Crippen molar-refractivity contribution in [1.82, 2.24) is 4.98 Å². The fourth-order valence-corrected chi connectivity index (χ4v) is 2.32. The molecule has 0 spiro atoms. The summed E-state index contributed by atoms with van der Waals surface area (Å²) in [7, 11) is 0. The lowest BCUT2D eigenvalue weighted by molar-refractivity contribution is 0.112. The van der Waals surface area contributed by atoms with Crippen molar-refractivity contribution in [3.63, 3.8) is 0 Å². The van der Waals surface area contributed by atoms with Crippen LogP contribution >= 0.6 is 0 Å². The van der Waals surface area contributed by atoms with Crippen LogP contribution in [0.4, 0.5) is 0 Å². The largest absolute Gasteiger partial charge is 0.298 e. The molecular weight excluding hydrogens is 234 g/mol. The van der Waals surface area contributed by atoms with E-state index in [1.165, 1.54) is 5.56 Å². The molecule has 0 bridgehead atoms. The van der Waals surface area contributed by atoms with E-state index >= 15 is 0 Å². The molecule has 0 aliphatic rings. The van der Waals surface area contributed by atoms with Crippen LogP contribution < -0.4 is 0 Å². The predicted molar refractivity (Wildman–Crippen MR) is 76.4 cm³/mol. The number of hydrogen-bond donors (Lipinski definition) is 0. The number of benzene rings is 2. The van der Waals surface area contributed by atoms with Gasteiger partial charge < -0.3 is 0 Å². The zero-order chi connectivity index (χ0) is 13.1. The van der Waals surface area contributed by atoms with Crippen LogP contribution in [0.25, 0.3) is 10.9 Å². The van der Waals surface area contributed by atoms with Crippen molar-refractivity contribution in [3.8, 4) is 0 Å². The molecule has 0 aliphatic carbocycles. The van der Waals surface area contributed by atoms with Crippen molar-refractivity contribution >= 4 is 17.2 Å². The van der Waals surface area contributed by atoms with Crippen LogP contribution in [-0.4, -0.2) is 11.3 Å². The maximum absolute atomic E-state index is 11.1. The molecule has 0 N–H and O–H groups in total. The average Bonchev–Trinajstić information content (AvgIpc) is 2.48. The second-order valence-corrected chi connectivity index (χ2v) is 4.48. The Morgan fingerprint density at radius 3 is 2.58 bits per heavy atom. The van der Waals surface area contributed by atoms with Crippen molar-refractivity contribution in [3.05, 3.63) is 77.5 Å². The zero-order valence-corrected chi connectivity index (χ0v) is 10.4. The molecule has 1 heterocycles. The summed E-state index contributed by atoms with van der Waals surface area (Å²) in [5.41, 5.74) is 3.99. The highest BCUT2D eigenvalue weighted by Gasteiger charge is 2.05. The number of aldehydes is 1. The van der Waals surface area contributed by atoms with E-state index < -0.39 is 0 Å². The SMILES string of the molecule is O=Cc1ccccc1Cc1ccnc2ccccc12. The van der Waals surface area contributed by atoms with Crippen LogP contribution in [0.5, 0.6) is 0 Å². The van der Waals surface area contributed by atoms with Gasteiger partial charge in [0.1, 0.15) is 6.29 Å². The Morgan fingerprint density at radius 1 is 0.895 bits per heavy atom. The second-order valence-electron chi connectivity index (χ2n) is 4.48. The lowest BCUT2D eigenvalue weighted by atomic mass is 9.98. The second kappa shape index (κ2) is 5.02. The lowest BCUT2D eigenvalue weighted by Gasteiger charge is -2.07. The highest BCUT2D eigenvalue weighted by Crippen LogP contribution is 2.20. The normalized spacial score (nSPS) is 10.5. The number of pyridine rings is 1. The molecule has 3 rings (SSSR count). The Morgan fingerprint density at radius 2 is 1.68 bits per heavy atom. The standard InChI is InChI=1S/C17H13NO/c19-12-15-6-2-1-5-13(15)11-14-9-10-18-17-8-4-3-7-16(14)17/h1-10,12H,11H2. The lowest BCUT2D eigenvalue weighted by Crippen LogP contribution is -1.95. The number of carbonyl (C=O) groups is 1. The monoisotopic (exact) mass is 247 g/mol. The first kappa shape index (κ1) is 11.6. The molecule has 2 heteroatoms. The number of carbonyl (C=O) groups excluding carboxylic acids is 1. The molecule has 0 fully saturated rings. The molecule has 1 aromatic heterocycles. The molecular formula is C17H13NO. The van der Waals surface area contributed by atoms with Gasteiger partial charge in [-0.25, -0.2) is 0 Å². The van der Waals surface area contributed by atoms with Crippen molar-refractivity contribution in [2.75, 3.05) is 0 Å². The molecule has 0 aliphatic heterocycles. The first-order valence-corrected chi connectivity index (χ1v) is 6.24. The van der Waals surface area contributed by atoms with E-state index in [1.807, 2.05) is 54.7 Å². The van der Waals surface area contributed by atoms with Crippen molar-refractivity contribution in [1.29, 1.82) is 0 Å². The van der Waals surface area contributed by atoms with E-state index in [9.17, 15) is 4.79 Å². The van der Waals surface area contributed by atoms with E-state index in [0.717, 1.165) is 34.7 Å². The van der Waals surface area contributed by atoms with Gasteiger partial charge in [-0.05, 0) is 29.7 Å². The van der Waals surface area contributed by atoms with Gasteiger partial charge in [0.2, 0.25) is 0 Å². The molecule has 19 heavy (non-hydrogen) atoms. The molecule has 3 aromatic rings. The number of hydrogen-bond acceptors (Lipinski definition) is 2. The molecule has 0 saturated carbocycles. The van der Waals surface area contributed by atoms with E-state index in [2.05, 4.69) is 11.1 Å². The summed E-state index contributed by atoms with van der Waals surface area (Å²) in [5, 5.41) is 1.14. The van der Waals surface area contributed by atoms with E-state index in [1.54, 1.807) is 0 Å². The smallest absolute Gasteiger partial charge is 0.150 e. The Hall–Kier alpha value is -2.48. The number of aromatic nitrogens is 1. The van der Waals surface area contributed by atoms with Crippen LogP contribution in [0.1, 0.15) is 21.5 Å². The van der Waals surface area contributed by atoms with Gasteiger partial charge in [0.15, 0.2) is 0 Å². The maximum Gasteiger partial charge on any atom is 0.150 e. The molecule has 2 nitrogen and oxygen atoms in total. The van der Waals surface area contributed by atoms with Crippen molar-refractivity contribution in [2.45, 2.75) is 6.42 Å². The summed E-state index contributed by atoms with van der Waals surface area (Å²) in [6.07, 6.45) is 3.48. The van der Waals surface area contributed by atoms with Crippen LogP contribution in [0, 0.1) is 0 Å². The Labute approximate surface area is 111 Å². The maximum atomic E-state index is 11.1. The van der Waals surface area contributed by atoms with Gasteiger partial charge in [0, 0.05) is 17.1 Å². The van der Waals surface area contributed by atoms with Crippen molar-refractivity contribution < 1.29 is 4.79 Å². The number of fused-ring (bicyclic) bond motifs is 1. The minimum Gasteiger partial charge on any atom is -0.298 e. The Balaban J connectivity index is 2.08. The highest BCUT2D eigenvalue weighted by atomic mass is 16.1. The van der Waals surface area contributed by atoms with Gasteiger partial charge in [-0.1, -0.05) is 42.5 Å². The Kier molecular flexibility index (Phi) is 3.07. The number of nitrogens with zero attached hydrogens (tertiary/aromatic N) is 1. The van der Waals surface area contributed by atoms with Crippen LogP contribution in [-0.2, 0) is 6.42 Å². The van der Waals surface area contributed by atoms with E-state index in [0.29, 0.717) is 0 Å². The van der Waals surface area contributed by atoms with Crippen LogP contribution in [0.3, 0.4) is 0 Å². The molecule has 0 unspecified atom stereocenters. The van der Waals surface area contributed by atoms with Gasteiger partial charge in [0.05, 0.1) is 5.52 Å². The van der Waals surface area contributed by atoms with E-state index in [4.69, 9.17) is 0 Å². The molecule has 0 amide bonds. The average molecular weight is 247 g/mol. The fraction of sp³-hybridized carbons (Fsp3) is 0.0588. The zero-order valence-electron chi connectivity index (χ0n) is 10.4. The minimum atomic E-state index is 0.748. The molecule has 0 saturated heterocycles. The van der Waals surface area contributed by atoms with E-state index in [-0.39, 0.29) is 0 Å². The summed E-state index contributed by atoms with van der Waals surface area (Å²) >= 11 is 0.